The van der Waals surface area contributed by atoms with Gasteiger partial charge in [-0.25, -0.2) is 4.79 Å². The minimum atomic E-state index is -0.484. The van der Waals surface area contributed by atoms with Gasteiger partial charge in [-0.2, -0.15) is 0 Å². The predicted molar refractivity (Wildman–Crippen MR) is 92.7 cm³/mol. The maximum Gasteiger partial charge on any atom is 0.411 e. The summed E-state index contributed by atoms with van der Waals surface area (Å²) in [7, 11) is 0. The lowest BCUT2D eigenvalue weighted by Crippen LogP contribution is -2.48. The van der Waals surface area contributed by atoms with Gasteiger partial charge in [-0.15, -0.1) is 0 Å². The first kappa shape index (κ1) is 18.8. The Balaban J connectivity index is 2.57. The molecule has 0 aromatic heterocycles. The third-order valence-electron chi connectivity index (χ3n) is 3.53. The molecule has 0 fully saturated rings. The molecule has 0 heterocycles. The van der Waals surface area contributed by atoms with Gasteiger partial charge in [0.25, 0.3) is 0 Å². The molecule has 6 heteroatoms. The summed E-state index contributed by atoms with van der Waals surface area (Å²) in [6, 6.07) is 6.75. The quantitative estimate of drug-likeness (QED) is 0.719. The van der Waals surface area contributed by atoms with E-state index in [1.165, 1.54) is 0 Å². The Kier molecular flexibility index (Phi) is 6.88. The van der Waals surface area contributed by atoms with Gasteiger partial charge in [0.05, 0.1) is 6.61 Å². The zero-order valence-corrected chi connectivity index (χ0v) is 14.5. The second-order valence-electron chi connectivity index (χ2n) is 6.02. The first-order valence-electron chi connectivity index (χ1n) is 7.89. The summed E-state index contributed by atoms with van der Waals surface area (Å²) in [5.41, 5.74) is 1.22. The highest BCUT2D eigenvalue weighted by atomic mass is 16.5. The molecule has 23 heavy (non-hydrogen) atoms. The van der Waals surface area contributed by atoms with Crippen molar-refractivity contribution in [2.24, 2.45) is 0 Å². The summed E-state index contributed by atoms with van der Waals surface area (Å²) in [4.78, 5) is 23.5. The van der Waals surface area contributed by atoms with Crippen molar-refractivity contribution in [3.63, 3.8) is 0 Å². The van der Waals surface area contributed by atoms with E-state index in [0.29, 0.717) is 12.3 Å². The highest BCUT2D eigenvalue weighted by molar-refractivity contribution is 5.86. The molecule has 1 aromatic carbocycles. The van der Waals surface area contributed by atoms with Crippen LogP contribution in [0.2, 0.25) is 0 Å². The van der Waals surface area contributed by atoms with E-state index < -0.39 is 6.09 Å². The van der Waals surface area contributed by atoms with Crippen LogP contribution in [0.15, 0.2) is 24.3 Å². The molecular weight excluding hydrogens is 294 g/mol. The van der Waals surface area contributed by atoms with Gasteiger partial charge < -0.3 is 15.4 Å². The van der Waals surface area contributed by atoms with Crippen LogP contribution in [0.3, 0.4) is 0 Å². The summed E-state index contributed by atoms with van der Waals surface area (Å²) in [6.07, 6.45) is 0.377. The SMILES string of the molecule is CCOC(=O)Nc1ccc(N[C@H](C)C(=O)NC(C)(C)CC)cc1. The van der Waals surface area contributed by atoms with E-state index in [2.05, 4.69) is 16.0 Å². The van der Waals surface area contributed by atoms with Crippen LogP contribution in [0.25, 0.3) is 0 Å². The van der Waals surface area contributed by atoms with E-state index in [1.54, 1.807) is 31.2 Å². The molecular formula is C17H27N3O3. The van der Waals surface area contributed by atoms with E-state index in [1.807, 2.05) is 27.7 Å². The lowest BCUT2D eigenvalue weighted by atomic mass is 10.0. The Morgan fingerprint density at radius 1 is 1.13 bits per heavy atom. The molecule has 0 saturated carbocycles. The van der Waals surface area contributed by atoms with Crippen molar-refractivity contribution >= 4 is 23.4 Å². The molecule has 1 atom stereocenters. The van der Waals surface area contributed by atoms with Gasteiger partial charge in [0.1, 0.15) is 6.04 Å². The number of hydrogen-bond acceptors (Lipinski definition) is 4. The molecule has 1 aromatic rings. The van der Waals surface area contributed by atoms with Gasteiger partial charge in [0.2, 0.25) is 5.91 Å². The van der Waals surface area contributed by atoms with Crippen LogP contribution in [0.5, 0.6) is 0 Å². The van der Waals surface area contributed by atoms with Crippen LogP contribution in [-0.4, -0.2) is 30.2 Å². The van der Waals surface area contributed by atoms with Crippen molar-refractivity contribution in [3.8, 4) is 0 Å². The standard InChI is InChI=1S/C17H27N3O3/c1-6-17(4,5)20-15(21)12(3)18-13-8-10-14(11-9-13)19-16(22)23-7-2/h8-12,18H,6-7H2,1-5H3,(H,19,22)(H,20,21)/t12-/m1/s1. The summed E-state index contributed by atoms with van der Waals surface area (Å²) < 4.78 is 4.81. The summed E-state index contributed by atoms with van der Waals surface area (Å²) in [5, 5.41) is 8.76. The number of hydrogen-bond donors (Lipinski definition) is 3. The fraction of sp³-hybridized carbons (Fsp3) is 0.529. The molecule has 1 rings (SSSR count). The van der Waals surface area contributed by atoms with E-state index in [4.69, 9.17) is 4.74 Å². The highest BCUT2D eigenvalue weighted by Crippen LogP contribution is 2.15. The minimum absolute atomic E-state index is 0.0504. The lowest BCUT2D eigenvalue weighted by molar-refractivity contribution is -0.123. The number of ether oxygens (including phenoxy) is 1. The summed E-state index contributed by atoms with van der Waals surface area (Å²) in [6.45, 7) is 9.91. The summed E-state index contributed by atoms with van der Waals surface area (Å²) >= 11 is 0. The Labute approximate surface area is 138 Å². The molecule has 0 spiro atoms. The normalized spacial score (nSPS) is 12.2. The topological polar surface area (TPSA) is 79.5 Å². The van der Waals surface area contributed by atoms with E-state index in [-0.39, 0.29) is 17.5 Å². The van der Waals surface area contributed by atoms with Crippen LogP contribution < -0.4 is 16.0 Å². The van der Waals surface area contributed by atoms with Crippen LogP contribution >= 0.6 is 0 Å². The van der Waals surface area contributed by atoms with Crippen molar-refractivity contribution in [1.82, 2.24) is 5.32 Å². The van der Waals surface area contributed by atoms with Crippen LogP contribution in [0.4, 0.5) is 16.2 Å². The number of nitrogens with one attached hydrogen (secondary N) is 3. The van der Waals surface area contributed by atoms with Crippen molar-refractivity contribution in [2.45, 2.75) is 52.6 Å². The van der Waals surface area contributed by atoms with Crippen molar-refractivity contribution in [2.75, 3.05) is 17.2 Å². The largest absolute Gasteiger partial charge is 0.450 e. The Bertz CT molecular complexity index is 526. The molecule has 0 saturated heterocycles. The zero-order chi connectivity index (χ0) is 17.5. The predicted octanol–water partition coefficient (Wildman–Crippen LogP) is 3.36. The molecule has 0 unspecified atom stereocenters. The lowest BCUT2D eigenvalue weighted by Gasteiger charge is -2.27. The number of rotatable bonds is 7. The number of benzene rings is 1. The first-order valence-corrected chi connectivity index (χ1v) is 7.89. The van der Waals surface area contributed by atoms with E-state index in [9.17, 15) is 9.59 Å². The Hall–Kier alpha value is -2.24. The van der Waals surface area contributed by atoms with Gasteiger partial charge in [-0.3, -0.25) is 10.1 Å². The maximum absolute atomic E-state index is 12.2. The fourth-order valence-corrected chi connectivity index (χ4v) is 1.78. The van der Waals surface area contributed by atoms with Gasteiger partial charge in [-0.1, -0.05) is 6.92 Å². The molecule has 0 aliphatic carbocycles. The second-order valence-corrected chi connectivity index (χ2v) is 6.02. The van der Waals surface area contributed by atoms with Crippen molar-refractivity contribution in [1.29, 1.82) is 0 Å². The smallest absolute Gasteiger partial charge is 0.411 e. The van der Waals surface area contributed by atoms with Crippen molar-refractivity contribution in [3.05, 3.63) is 24.3 Å². The first-order chi connectivity index (χ1) is 10.8. The average molecular weight is 321 g/mol. The maximum atomic E-state index is 12.2. The Morgan fingerprint density at radius 2 is 1.70 bits per heavy atom. The molecule has 0 radical (unpaired) electrons. The molecule has 0 aliphatic rings. The summed E-state index contributed by atoms with van der Waals surface area (Å²) in [5.74, 6) is -0.0504. The number of anilines is 2. The van der Waals surface area contributed by atoms with E-state index >= 15 is 0 Å². The monoisotopic (exact) mass is 321 g/mol. The second kappa shape index (κ2) is 8.41. The van der Waals surface area contributed by atoms with Crippen LogP contribution in [-0.2, 0) is 9.53 Å². The van der Waals surface area contributed by atoms with Crippen molar-refractivity contribution < 1.29 is 14.3 Å². The van der Waals surface area contributed by atoms with Crippen LogP contribution in [0, 0.1) is 0 Å². The fourth-order valence-electron chi connectivity index (χ4n) is 1.78. The van der Waals surface area contributed by atoms with E-state index in [0.717, 1.165) is 12.1 Å². The number of amides is 2. The number of carbonyl (C=O) groups is 2. The molecule has 0 bridgehead atoms. The molecule has 2 amide bonds. The van der Waals surface area contributed by atoms with Gasteiger partial charge >= 0.3 is 6.09 Å². The van der Waals surface area contributed by atoms with Crippen LogP contribution in [0.1, 0.15) is 41.0 Å². The average Bonchev–Trinajstić information content (AvgIpc) is 2.49. The molecule has 0 aliphatic heterocycles. The molecule has 128 valence electrons. The highest BCUT2D eigenvalue weighted by Gasteiger charge is 2.21. The van der Waals surface area contributed by atoms with Gasteiger partial charge in [-0.05, 0) is 58.4 Å². The van der Waals surface area contributed by atoms with Gasteiger partial charge in [0.15, 0.2) is 0 Å². The minimum Gasteiger partial charge on any atom is -0.450 e. The third kappa shape index (κ3) is 6.59. The zero-order valence-electron chi connectivity index (χ0n) is 14.5. The molecule has 3 N–H and O–H groups in total. The van der Waals surface area contributed by atoms with Gasteiger partial charge in [0, 0.05) is 16.9 Å². The number of carbonyl (C=O) groups excluding carboxylic acids is 2. The molecule has 6 nitrogen and oxygen atoms in total. The third-order valence-corrected chi connectivity index (χ3v) is 3.53. The Morgan fingerprint density at radius 3 is 2.22 bits per heavy atom.